The van der Waals surface area contributed by atoms with Gasteiger partial charge in [0.25, 0.3) is 0 Å². The monoisotopic (exact) mass is 1420 g/mol. The van der Waals surface area contributed by atoms with Crippen LogP contribution < -0.4 is 16.4 Å². The van der Waals surface area contributed by atoms with E-state index in [9.17, 15) is 9.59 Å². The van der Waals surface area contributed by atoms with E-state index in [0.29, 0.717) is 0 Å². The molecule has 0 unspecified atom stereocenters. The van der Waals surface area contributed by atoms with E-state index in [1.54, 1.807) is 11.3 Å². The summed E-state index contributed by atoms with van der Waals surface area (Å²) in [7, 11) is 4.00. The average Bonchev–Trinajstić information content (AvgIpc) is 3.75. The van der Waals surface area contributed by atoms with Crippen LogP contribution in [-0.4, -0.2) is 185 Å². The van der Waals surface area contributed by atoms with Crippen LogP contribution >= 0.6 is 35.2 Å². The Hall–Kier alpha value is 2.51. The summed E-state index contributed by atoms with van der Waals surface area (Å²) in [4.78, 5) is 24.8. The maximum atomic E-state index is 10.5. The fraction of sp³-hybridized carbons (Fsp3) is 0.190. The van der Waals surface area contributed by atoms with Gasteiger partial charge in [-0.25, -0.2) is 4.98 Å². The van der Waals surface area contributed by atoms with Gasteiger partial charge in [0.05, 0.1) is 20.2 Å². The van der Waals surface area contributed by atoms with Crippen LogP contribution in [0, 0.1) is 77.9 Å². The topological polar surface area (TPSA) is 321 Å². The van der Waals surface area contributed by atoms with Gasteiger partial charge >= 0.3 is 80.2 Å². The van der Waals surface area contributed by atoms with Crippen LogP contribution in [0.1, 0.15) is 25.8 Å². The van der Waals surface area contributed by atoms with Gasteiger partial charge in [-0.15, -0.1) is 11.3 Å². The van der Waals surface area contributed by atoms with Crippen molar-refractivity contribution < 1.29 is 178 Å². The maximum Gasteiger partial charge on any atom is 0 e. The molecule has 1 heterocycles. The third-order valence-electron chi connectivity index (χ3n) is 4.39. The number of hydrogen-bond acceptors (Lipinski definition) is 16. The van der Waals surface area contributed by atoms with Crippen molar-refractivity contribution in [2.24, 2.45) is 0 Å². The SMILES string of the molecule is CC(=O)Cl.CC(=O)Nc1ccccc1.CC(=S)Nc1ccccc1.CO.CO.CO.CO.Cc1nc2ccccc2s1.Nc1ccccc1.[C-]#N.[C-]#N.[C-]#N.[C-]#N.[C-]#N.[C-]#N.[Fe+6].[K].[K][K].[Y].[Y].[Y].[Y]. The van der Waals surface area contributed by atoms with Crippen molar-refractivity contribution in [3.63, 3.8) is 0 Å². The van der Waals surface area contributed by atoms with E-state index in [4.69, 9.17) is 109 Å². The molecular weight excluding hydrogens is 1370 g/mol. The molecule has 5 radical (unpaired) electrons. The van der Waals surface area contributed by atoms with Crippen molar-refractivity contribution >= 4 is 193 Å². The molecule has 27 heteroatoms. The summed E-state index contributed by atoms with van der Waals surface area (Å²) in [5.74, 6) is -0.0359. The van der Waals surface area contributed by atoms with Crippen molar-refractivity contribution in [1.82, 2.24) is 4.98 Å². The van der Waals surface area contributed by atoms with Gasteiger partial charge in [-0.2, -0.15) is 0 Å². The summed E-state index contributed by atoms with van der Waals surface area (Å²) in [6.07, 6.45) is 0. The zero-order valence-corrected chi connectivity index (χ0v) is 64.9. The zero-order valence-electron chi connectivity index (χ0n) is 40.6. The average molecular weight is 1420 g/mol. The number of benzene rings is 4. The molecule has 69 heavy (non-hydrogen) atoms. The molecule has 347 valence electrons. The third kappa shape index (κ3) is 116. The molecule has 0 aliphatic carbocycles. The van der Waals surface area contributed by atoms with Gasteiger partial charge in [0.15, 0.2) is 0 Å². The predicted molar refractivity (Wildman–Crippen MR) is 260 cm³/mol. The number of thiazole rings is 1. The molecule has 0 aliphatic rings. The normalized spacial score (nSPS) is 5.99. The van der Waals surface area contributed by atoms with E-state index in [-0.39, 0.29) is 210 Å². The Bertz CT molecular complexity index is 1670. The Morgan fingerprint density at radius 1 is 0.580 bits per heavy atom. The first-order chi connectivity index (χ1) is 30.6. The minimum atomic E-state index is -0.361. The third-order valence-corrected chi connectivity index (χ3v) is 5.44. The van der Waals surface area contributed by atoms with Crippen LogP contribution in [0.2, 0.25) is 0 Å². The second-order valence-electron chi connectivity index (χ2n) is 8.18. The number of carbonyl (C=O) groups is 2. The number of fused-ring (bicyclic) bond motifs is 1. The summed E-state index contributed by atoms with van der Waals surface area (Å²) >= 11 is 13.7. The summed E-state index contributed by atoms with van der Waals surface area (Å²) in [5, 5.41) is 72.0. The van der Waals surface area contributed by atoms with Crippen molar-refractivity contribution in [3.05, 3.63) is 160 Å². The summed E-state index contributed by atoms with van der Waals surface area (Å²) in [6.45, 7) is 35.2. The molecule has 5 aromatic rings. The first-order valence-electron chi connectivity index (χ1n) is 16.6. The van der Waals surface area contributed by atoms with E-state index in [1.807, 2.05) is 123 Å². The molecule has 0 saturated heterocycles. The Kier molecular flexibility index (Phi) is 214. The molecule has 0 spiro atoms. The Labute approximate surface area is 625 Å². The van der Waals surface area contributed by atoms with Gasteiger partial charge in [-0.05, 0) is 74.0 Å². The smallest absolute Gasteiger partial charge is 0 e. The van der Waals surface area contributed by atoms with Crippen molar-refractivity contribution in [3.8, 4) is 0 Å². The number of thiocarbonyl (C=S) groups is 1. The standard InChI is InChI=1S/C8H9NO.C8H7NS.C8H9NS.C6H7N.C2H3ClO.6CN.4CH4O.Fe.3K.4Y/c1-7(10)9-8-5-3-2-4-6-8;1-6-9-7-4-2-3-5-8(7)10-6;1-7(10)9-8-5-3-2-4-6-8;7-6-4-2-1-3-5-6;1-2(3)4;10*1-2;;;;;;;;/h2-6H,1H3,(H,9,10);2-5H,1H3;2-6H,1H3,(H,9,10);1-5H,7H2;1H3;;;;;;;4*2H,1H3;;;;;;;;/q;;;;;6*-1;;;;;+6;;;;;;;. The molecule has 0 fully saturated rings. The molecular formula is C42H51ClFeK3N10O6S2Y4. The van der Waals surface area contributed by atoms with E-state index < -0.39 is 0 Å². The molecule has 1 aromatic heterocycles. The van der Waals surface area contributed by atoms with Crippen LogP contribution in [-0.2, 0) is 157 Å². The van der Waals surface area contributed by atoms with Crippen LogP contribution in [0.5, 0.6) is 0 Å². The number of anilines is 3. The van der Waals surface area contributed by atoms with Gasteiger partial charge < -0.3 is 108 Å². The number of aliphatic hydroxyl groups excluding tert-OH is 4. The number of halogens is 1. The summed E-state index contributed by atoms with van der Waals surface area (Å²) in [5.41, 5.74) is 9.19. The fourth-order valence-corrected chi connectivity index (χ4v) is 3.83. The van der Waals surface area contributed by atoms with Crippen LogP contribution in [0.3, 0.4) is 0 Å². The second kappa shape index (κ2) is 124. The predicted octanol–water partition coefficient (Wildman–Crippen LogP) is 6.59. The van der Waals surface area contributed by atoms with Crippen LogP contribution in [0.25, 0.3) is 10.2 Å². The number of carbonyl (C=O) groups excluding carboxylic acids is 2. The summed E-state index contributed by atoms with van der Waals surface area (Å²) in [6, 6.07) is 36.9. The second-order valence-corrected chi connectivity index (χ2v) is 10.6. The molecule has 16 nitrogen and oxygen atoms in total. The number of aromatic nitrogens is 1. The van der Waals surface area contributed by atoms with E-state index in [2.05, 4.69) is 33.3 Å². The van der Waals surface area contributed by atoms with Crippen LogP contribution in [0.15, 0.2) is 115 Å². The van der Waals surface area contributed by atoms with E-state index in [0.717, 1.165) is 61.0 Å². The number of nitrogen functional groups attached to an aromatic ring is 1. The molecule has 5 rings (SSSR count). The van der Waals surface area contributed by atoms with Gasteiger partial charge in [0.2, 0.25) is 11.1 Å². The fourth-order valence-electron chi connectivity index (χ4n) is 2.89. The van der Waals surface area contributed by atoms with Gasteiger partial charge in [-0.1, -0.05) is 78.9 Å². The Morgan fingerprint density at radius 2 is 0.826 bits per heavy atom. The number of amides is 1. The molecule has 0 saturated carbocycles. The number of nitrogens with one attached hydrogen (secondary N) is 2. The molecule has 0 bridgehead atoms. The molecule has 1 amide bonds. The molecule has 4 aromatic carbocycles. The van der Waals surface area contributed by atoms with Crippen molar-refractivity contribution in [2.45, 2.75) is 27.7 Å². The zero-order chi connectivity index (χ0) is 52.5. The number of aliphatic hydroxyl groups is 4. The summed E-state index contributed by atoms with van der Waals surface area (Å²) < 4.78 is 1.28. The van der Waals surface area contributed by atoms with Gasteiger partial charge in [0, 0.05) is 242 Å². The Balaban J connectivity index is -0.0000000294. The number of rotatable bonds is 2. The minimum absolute atomic E-state index is 0. The molecule has 0 atom stereocenters. The largest absolute Gasteiger partial charge is 0 e. The number of nitrogens with two attached hydrogens (primary N) is 1. The number of para-hydroxylation sites is 4. The molecule has 0 aliphatic heterocycles. The number of nitrogens with zero attached hydrogens (tertiary/aromatic N) is 7. The minimum Gasteiger partial charge on any atom is 0 e. The van der Waals surface area contributed by atoms with Crippen molar-refractivity contribution in [2.75, 3.05) is 44.8 Å². The van der Waals surface area contributed by atoms with Crippen LogP contribution in [0.4, 0.5) is 17.1 Å². The van der Waals surface area contributed by atoms with E-state index >= 15 is 0 Å². The quantitative estimate of drug-likeness (QED) is 0.0322. The maximum absolute atomic E-state index is 10.5. The first kappa shape index (κ1) is 120. The van der Waals surface area contributed by atoms with Gasteiger partial charge in [0.1, 0.15) is 0 Å². The van der Waals surface area contributed by atoms with E-state index in [1.165, 1.54) is 81.7 Å². The first-order valence-corrected chi connectivity index (χ1v) is 34.2. The molecule has 8 N–H and O–H groups in total. The number of hydrogen-bond donors (Lipinski definition) is 7. The Morgan fingerprint density at radius 3 is 1.06 bits per heavy atom. The van der Waals surface area contributed by atoms with Gasteiger partial charge in [-0.3, -0.25) is 9.59 Å². The number of aryl methyl sites for hydroxylation is 1. The van der Waals surface area contributed by atoms with Crippen molar-refractivity contribution in [1.29, 1.82) is 31.6 Å².